The number of carbonyl (C=O) groups excluding carboxylic acids is 4. The van der Waals surface area contributed by atoms with E-state index in [1.165, 1.54) is 9.80 Å². The number of nitrogens with one attached hydrogen (secondary N) is 1. The number of hydrogen-bond acceptors (Lipinski definition) is 6. The van der Waals surface area contributed by atoms with Crippen molar-refractivity contribution < 1.29 is 51.4 Å². The van der Waals surface area contributed by atoms with Crippen LogP contribution in [0.1, 0.15) is 32.1 Å². The number of piperidine rings is 1. The lowest BCUT2D eigenvalue weighted by atomic mass is 9.95. The molecular formula is C23H25F4N3O7. The van der Waals surface area contributed by atoms with Gasteiger partial charge in [-0.2, -0.15) is 8.78 Å². The summed E-state index contributed by atoms with van der Waals surface area (Å²) in [7, 11) is 0. The summed E-state index contributed by atoms with van der Waals surface area (Å²) >= 11 is 0. The van der Waals surface area contributed by atoms with Gasteiger partial charge in [0.25, 0.3) is 0 Å². The Kier molecular flexibility index (Phi) is 9.05. The van der Waals surface area contributed by atoms with Gasteiger partial charge in [0.05, 0.1) is 6.42 Å². The number of carboxylic acid groups (broad SMARTS) is 1. The number of hydrogen-bond donors (Lipinski definition) is 2. The first kappa shape index (κ1) is 27.9. The van der Waals surface area contributed by atoms with Crippen LogP contribution in [-0.4, -0.2) is 83.2 Å². The molecule has 0 spiro atoms. The number of nitrogens with zero attached hydrogens (tertiary/aromatic N) is 2. The Morgan fingerprint density at radius 1 is 0.919 bits per heavy atom. The number of benzene rings is 1. The number of carboxylic acids is 1. The lowest BCUT2D eigenvalue weighted by Crippen LogP contribution is -2.51. The highest BCUT2D eigenvalue weighted by atomic mass is 19.2. The standard InChI is InChI=1S/C23H25F4N3O7/c24-13-9-14(25)19(27)20(18(13)26)37-11-16(31)15(10-17(32)33)28-21(34)12-3-7-30(8-4-12)23(36)22(35)29-5-1-2-6-29/h9,12,15H,1-8,10-11H2,(H,28,34)(H,32,33)/t15-/m0/s1. The Bertz CT molecular complexity index is 1060. The molecule has 0 unspecified atom stereocenters. The summed E-state index contributed by atoms with van der Waals surface area (Å²) in [4.78, 5) is 63.9. The maximum absolute atomic E-state index is 13.7. The van der Waals surface area contributed by atoms with Gasteiger partial charge in [-0.15, -0.1) is 0 Å². The highest BCUT2D eigenvalue weighted by Gasteiger charge is 2.35. The topological polar surface area (TPSA) is 133 Å². The van der Waals surface area contributed by atoms with Crippen LogP contribution in [0, 0.1) is 29.2 Å². The molecule has 2 saturated heterocycles. The van der Waals surface area contributed by atoms with Gasteiger partial charge in [0.15, 0.2) is 23.2 Å². The molecule has 2 fully saturated rings. The van der Waals surface area contributed by atoms with Crippen molar-refractivity contribution in [2.45, 2.75) is 38.1 Å². The van der Waals surface area contributed by atoms with E-state index in [1.807, 2.05) is 0 Å². The van der Waals surface area contributed by atoms with Crippen LogP contribution in [0.15, 0.2) is 6.07 Å². The zero-order valence-electron chi connectivity index (χ0n) is 19.6. The summed E-state index contributed by atoms with van der Waals surface area (Å²) in [5.74, 6) is -14.0. The van der Waals surface area contributed by atoms with E-state index in [9.17, 15) is 41.5 Å². The zero-order valence-corrected chi connectivity index (χ0v) is 19.6. The van der Waals surface area contributed by atoms with Crippen molar-refractivity contribution in [2.75, 3.05) is 32.8 Å². The molecule has 2 aliphatic rings. The molecular weight excluding hydrogens is 506 g/mol. The van der Waals surface area contributed by atoms with Gasteiger partial charge in [-0.3, -0.25) is 24.0 Å². The lowest BCUT2D eigenvalue weighted by Gasteiger charge is -2.32. The maximum atomic E-state index is 13.7. The number of aliphatic carboxylic acids is 1. The maximum Gasteiger partial charge on any atom is 0.312 e. The molecule has 1 aromatic rings. The molecule has 3 amide bonds. The van der Waals surface area contributed by atoms with Gasteiger partial charge in [-0.25, -0.2) is 8.78 Å². The molecule has 1 aromatic carbocycles. The summed E-state index contributed by atoms with van der Waals surface area (Å²) in [6.45, 7) is 0.0430. The second kappa shape index (κ2) is 12.0. The van der Waals surface area contributed by atoms with Gasteiger partial charge >= 0.3 is 17.8 Å². The average Bonchev–Trinajstić information content (AvgIpc) is 3.41. The SMILES string of the molecule is O=C(O)C[C@H](NC(=O)C1CCN(C(=O)C(=O)N2CCCC2)CC1)C(=O)COc1c(F)c(F)cc(F)c1F. The fourth-order valence-corrected chi connectivity index (χ4v) is 4.17. The van der Waals surface area contributed by atoms with Crippen molar-refractivity contribution in [3.8, 4) is 5.75 Å². The van der Waals surface area contributed by atoms with E-state index in [-0.39, 0.29) is 32.0 Å². The van der Waals surface area contributed by atoms with Crippen LogP contribution in [0.25, 0.3) is 0 Å². The van der Waals surface area contributed by atoms with Crippen molar-refractivity contribution in [3.63, 3.8) is 0 Å². The fourth-order valence-electron chi connectivity index (χ4n) is 4.17. The Morgan fingerprint density at radius 3 is 1.95 bits per heavy atom. The minimum atomic E-state index is -1.88. The van der Waals surface area contributed by atoms with Gasteiger partial charge < -0.3 is 25.0 Å². The smallest absolute Gasteiger partial charge is 0.312 e. The fraction of sp³-hybridized carbons (Fsp3) is 0.522. The third kappa shape index (κ3) is 6.74. The van der Waals surface area contributed by atoms with Crippen LogP contribution >= 0.6 is 0 Å². The van der Waals surface area contributed by atoms with E-state index in [4.69, 9.17) is 5.11 Å². The number of carbonyl (C=O) groups is 5. The Balaban J connectivity index is 1.57. The van der Waals surface area contributed by atoms with Gasteiger partial charge in [0.2, 0.25) is 17.5 Å². The zero-order chi connectivity index (χ0) is 27.3. The second-order valence-corrected chi connectivity index (χ2v) is 8.78. The van der Waals surface area contributed by atoms with E-state index >= 15 is 0 Å². The molecule has 0 bridgehead atoms. The first-order chi connectivity index (χ1) is 17.5. The van der Waals surface area contributed by atoms with E-state index in [2.05, 4.69) is 10.1 Å². The van der Waals surface area contributed by atoms with Crippen LogP contribution in [0.4, 0.5) is 17.6 Å². The number of ketones is 1. The minimum absolute atomic E-state index is 0.0476. The predicted octanol–water partition coefficient (Wildman–Crippen LogP) is 1.01. The number of likely N-dealkylation sites (tertiary alicyclic amines) is 2. The summed E-state index contributed by atoms with van der Waals surface area (Å²) in [6.07, 6.45) is 1.05. The lowest BCUT2D eigenvalue weighted by molar-refractivity contribution is -0.152. The molecule has 10 nitrogen and oxygen atoms in total. The van der Waals surface area contributed by atoms with Crippen LogP contribution in [0.3, 0.4) is 0 Å². The van der Waals surface area contributed by atoms with Gasteiger partial charge in [-0.05, 0) is 25.7 Å². The van der Waals surface area contributed by atoms with Crippen molar-refractivity contribution >= 4 is 29.5 Å². The molecule has 2 aliphatic heterocycles. The van der Waals surface area contributed by atoms with Crippen molar-refractivity contribution in [3.05, 3.63) is 29.3 Å². The Hall–Kier alpha value is -3.71. The van der Waals surface area contributed by atoms with E-state index in [0.717, 1.165) is 12.8 Å². The summed E-state index contributed by atoms with van der Waals surface area (Å²) in [5.41, 5.74) is 0. The molecule has 1 atom stereocenters. The molecule has 0 saturated carbocycles. The number of amides is 3. The van der Waals surface area contributed by atoms with Crippen molar-refractivity contribution in [1.29, 1.82) is 0 Å². The van der Waals surface area contributed by atoms with Crippen LogP contribution < -0.4 is 10.1 Å². The highest BCUT2D eigenvalue weighted by Crippen LogP contribution is 2.26. The molecule has 0 radical (unpaired) electrons. The van der Waals surface area contributed by atoms with Crippen molar-refractivity contribution in [2.24, 2.45) is 5.92 Å². The highest BCUT2D eigenvalue weighted by molar-refractivity contribution is 6.35. The number of halogens is 4. The molecule has 0 aliphatic carbocycles. The third-order valence-corrected chi connectivity index (χ3v) is 6.24. The molecule has 14 heteroatoms. The number of Topliss-reactive ketones (excluding diaryl/α,β-unsaturated/α-hetero) is 1. The largest absolute Gasteiger partial charge is 0.481 e. The molecule has 202 valence electrons. The summed E-state index contributed by atoms with van der Waals surface area (Å²) in [6, 6.07) is -1.71. The first-order valence-corrected chi connectivity index (χ1v) is 11.6. The molecule has 2 heterocycles. The van der Waals surface area contributed by atoms with Gasteiger partial charge in [-0.1, -0.05) is 0 Å². The van der Waals surface area contributed by atoms with E-state index in [1.54, 1.807) is 0 Å². The summed E-state index contributed by atoms with van der Waals surface area (Å²) in [5, 5.41) is 11.4. The van der Waals surface area contributed by atoms with Crippen LogP contribution in [0.2, 0.25) is 0 Å². The van der Waals surface area contributed by atoms with E-state index in [0.29, 0.717) is 13.1 Å². The minimum Gasteiger partial charge on any atom is -0.481 e. The monoisotopic (exact) mass is 531 g/mol. The van der Waals surface area contributed by atoms with Crippen LogP contribution in [-0.2, 0) is 24.0 Å². The molecule has 37 heavy (non-hydrogen) atoms. The first-order valence-electron chi connectivity index (χ1n) is 11.6. The normalized spacial score (nSPS) is 16.9. The van der Waals surface area contributed by atoms with Crippen LogP contribution in [0.5, 0.6) is 5.75 Å². The second-order valence-electron chi connectivity index (χ2n) is 8.78. The van der Waals surface area contributed by atoms with Gasteiger partial charge in [0.1, 0.15) is 12.6 Å². The summed E-state index contributed by atoms with van der Waals surface area (Å²) < 4.78 is 58.7. The predicted molar refractivity (Wildman–Crippen MR) is 116 cm³/mol. The average molecular weight is 531 g/mol. The number of rotatable bonds is 8. The Labute approximate surface area is 208 Å². The molecule has 2 N–H and O–H groups in total. The number of ether oxygens (including phenoxy) is 1. The Morgan fingerprint density at radius 2 is 1.43 bits per heavy atom. The molecule has 0 aromatic heterocycles. The van der Waals surface area contributed by atoms with Crippen molar-refractivity contribution in [1.82, 2.24) is 15.1 Å². The van der Waals surface area contributed by atoms with E-state index < -0.39 is 83.5 Å². The quantitative estimate of drug-likeness (QED) is 0.291. The third-order valence-electron chi connectivity index (χ3n) is 6.24. The van der Waals surface area contributed by atoms with Gasteiger partial charge in [0, 0.05) is 38.2 Å². The molecule has 3 rings (SSSR count).